The van der Waals surface area contributed by atoms with E-state index < -0.39 is 24.3 Å². The van der Waals surface area contributed by atoms with Gasteiger partial charge in [-0.1, -0.05) is 23.2 Å². The third kappa shape index (κ3) is 4.13. The van der Waals surface area contributed by atoms with Crippen LogP contribution in [0.5, 0.6) is 5.75 Å². The summed E-state index contributed by atoms with van der Waals surface area (Å²) in [5.41, 5.74) is -0.109. The number of phenolic OH excluding ortho intramolecular Hbond substituents is 1. The number of nitrogens with zero attached hydrogens (tertiary/aromatic N) is 1. The largest absolute Gasteiger partial charge is 0.507 e. The molecule has 1 fully saturated rings. The molecule has 22 heavy (non-hydrogen) atoms. The second-order valence-corrected chi connectivity index (χ2v) is 5.77. The average Bonchev–Trinajstić information content (AvgIpc) is 2.43. The first kappa shape index (κ1) is 19.7. The number of aromatic hydroxyl groups is 1. The van der Waals surface area contributed by atoms with E-state index in [2.05, 4.69) is 5.32 Å². The summed E-state index contributed by atoms with van der Waals surface area (Å²) in [4.78, 5) is 1.50. The molecule has 0 bridgehead atoms. The average molecular weight is 378 g/mol. The molecule has 1 aromatic carbocycles. The molecule has 1 saturated heterocycles. The molecule has 0 unspecified atom stereocenters. The van der Waals surface area contributed by atoms with E-state index in [0.29, 0.717) is 26.2 Å². The molecule has 4 nitrogen and oxygen atoms in total. The number of aliphatic hydroxyl groups excluding tert-OH is 1. The minimum absolute atomic E-state index is 0. The zero-order chi connectivity index (χ0) is 15.6. The first-order valence-corrected chi connectivity index (χ1v) is 7.24. The van der Waals surface area contributed by atoms with E-state index in [1.165, 1.54) is 17.0 Å². The molecule has 0 aliphatic carbocycles. The van der Waals surface area contributed by atoms with E-state index in [-0.39, 0.29) is 28.0 Å². The van der Waals surface area contributed by atoms with Gasteiger partial charge >= 0.3 is 0 Å². The molecule has 0 radical (unpaired) electrons. The van der Waals surface area contributed by atoms with E-state index >= 15 is 0 Å². The van der Waals surface area contributed by atoms with Crippen LogP contribution in [-0.2, 0) is 0 Å². The molecule has 0 aromatic heterocycles. The van der Waals surface area contributed by atoms with Crippen molar-refractivity contribution in [3.63, 3.8) is 0 Å². The van der Waals surface area contributed by atoms with Gasteiger partial charge in [0.15, 0.2) is 0 Å². The highest BCUT2D eigenvalue weighted by atomic mass is 35.5. The third-order valence-electron chi connectivity index (χ3n) is 3.47. The maximum absolute atomic E-state index is 14.2. The van der Waals surface area contributed by atoms with Crippen LogP contribution in [0.1, 0.15) is 11.6 Å². The summed E-state index contributed by atoms with van der Waals surface area (Å²) >= 11 is 11.8. The van der Waals surface area contributed by atoms with Crippen LogP contribution in [0.25, 0.3) is 0 Å². The zero-order valence-electron chi connectivity index (χ0n) is 11.5. The maximum Gasteiger partial charge on any atom is 0.290 e. The number of rotatable bonds is 4. The van der Waals surface area contributed by atoms with Crippen LogP contribution in [0.3, 0.4) is 0 Å². The Morgan fingerprint density at radius 1 is 1.27 bits per heavy atom. The Labute approximate surface area is 143 Å². The van der Waals surface area contributed by atoms with Crippen LogP contribution in [0.2, 0.25) is 10.0 Å². The summed E-state index contributed by atoms with van der Waals surface area (Å²) < 4.78 is 28.5. The number of halogens is 5. The van der Waals surface area contributed by atoms with Gasteiger partial charge < -0.3 is 15.5 Å². The molecule has 1 aliphatic heterocycles. The smallest absolute Gasteiger partial charge is 0.290 e. The van der Waals surface area contributed by atoms with Crippen LogP contribution in [-0.4, -0.2) is 53.8 Å². The van der Waals surface area contributed by atoms with Crippen LogP contribution in [0, 0.1) is 0 Å². The lowest BCUT2D eigenvalue weighted by Gasteiger charge is -2.39. The monoisotopic (exact) mass is 376 g/mol. The number of hydrogen-bond acceptors (Lipinski definition) is 4. The molecule has 3 N–H and O–H groups in total. The molecule has 1 aromatic rings. The standard InChI is InChI=1S/C13H16Cl2F2N2O2.ClH/c14-8-5-9(15)11(10(21)6-8)12(13(16,17)7-20)19-3-1-18-2-4-19;/h5-6,12,18,20-21H,1-4,7H2;1H/t12-;/m0./s1. The van der Waals surface area contributed by atoms with Crippen LogP contribution in [0.4, 0.5) is 8.78 Å². The zero-order valence-corrected chi connectivity index (χ0v) is 13.9. The van der Waals surface area contributed by atoms with Gasteiger partial charge in [0, 0.05) is 36.8 Å². The summed E-state index contributed by atoms with van der Waals surface area (Å²) in [5.74, 6) is -3.84. The number of benzene rings is 1. The SMILES string of the molecule is Cl.OCC(F)(F)[C@H](c1c(O)cc(Cl)cc1Cl)N1CCNCC1. The minimum atomic E-state index is -3.44. The van der Waals surface area contributed by atoms with Crippen molar-refractivity contribution in [3.05, 3.63) is 27.7 Å². The second-order valence-electron chi connectivity index (χ2n) is 4.93. The summed E-state index contributed by atoms with van der Waals surface area (Å²) in [7, 11) is 0. The van der Waals surface area contributed by atoms with Crippen LogP contribution in [0.15, 0.2) is 12.1 Å². The van der Waals surface area contributed by atoms with Crippen LogP contribution < -0.4 is 5.32 Å². The molecule has 2 rings (SSSR count). The molecule has 0 amide bonds. The summed E-state index contributed by atoms with van der Waals surface area (Å²) in [6, 6.07) is 0.973. The minimum Gasteiger partial charge on any atom is -0.507 e. The summed E-state index contributed by atoms with van der Waals surface area (Å²) in [5, 5.41) is 22.2. The van der Waals surface area contributed by atoms with Crippen molar-refractivity contribution in [2.24, 2.45) is 0 Å². The number of phenols is 1. The van der Waals surface area contributed by atoms with Crippen molar-refractivity contribution in [1.29, 1.82) is 0 Å². The summed E-state index contributed by atoms with van der Waals surface area (Å²) in [6.45, 7) is 0.477. The quantitative estimate of drug-likeness (QED) is 0.755. The highest BCUT2D eigenvalue weighted by Crippen LogP contribution is 2.44. The lowest BCUT2D eigenvalue weighted by atomic mass is 9.97. The fraction of sp³-hybridized carbons (Fsp3) is 0.538. The lowest BCUT2D eigenvalue weighted by Crippen LogP contribution is -2.51. The van der Waals surface area contributed by atoms with Gasteiger partial charge in [0.25, 0.3) is 5.92 Å². The van der Waals surface area contributed by atoms with Crippen molar-refractivity contribution >= 4 is 35.6 Å². The molecular weight excluding hydrogens is 361 g/mol. The lowest BCUT2D eigenvalue weighted by molar-refractivity contribution is -0.119. The van der Waals surface area contributed by atoms with E-state index in [0.717, 1.165) is 0 Å². The number of piperazine rings is 1. The Balaban J connectivity index is 0.00000242. The first-order chi connectivity index (χ1) is 9.86. The number of nitrogens with one attached hydrogen (secondary N) is 1. The molecule has 1 heterocycles. The van der Waals surface area contributed by atoms with Gasteiger partial charge in [-0.3, -0.25) is 4.90 Å². The topological polar surface area (TPSA) is 55.7 Å². The normalized spacial score (nSPS) is 17.9. The molecule has 9 heteroatoms. The Kier molecular flexibility index (Phi) is 7.11. The maximum atomic E-state index is 14.2. The van der Waals surface area contributed by atoms with Gasteiger partial charge in [0.1, 0.15) is 18.4 Å². The highest BCUT2D eigenvalue weighted by Gasteiger charge is 2.46. The third-order valence-corrected chi connectivity index (χ3v) is 4.00. The van der Waals surface area contributed by atoms with Gasteiger partial charge in [-0.15, -0.1) is 12.4 Å². The number of hydrogen-bond donors (Lipinski definition) is 3. The predicted octanol–water partition coefficient (Wildman–Crippen LogP) is 2.69. The van der Waals surface area contributed by atoms with Gasteiger partial charge in [-0.25, -0.2) is 8.78 Å². The van der Waals surface area contributed by atoms with Crippen molar-refractivity contribution in [2.45, 2.75) is 12.0 Å². The van der Waals surface area contributed by atoms with Crippen LogP contribution >= 0.6 is 35.6 Å². The predicted molar refractivity (Wildman–Crippen MR) is 84.6 cm³/mol. The van der Waals surface area contributed by atoms with Gasteiger partial charge in [-0.2, -0.15) is 0 Å². The first-order valence-electron chi connectivity index (χ1n) is 6.48. The molecular formula is C13H17Cl3F2N2O2. The molecule has 1 atom stereocenters. The molecule has 1 aliphatic rings. The van der Waals surface area contributed by atoms with Crippen molar-refractivity contribution in [3.8, 4) is 5.75 Å². The van der Waals surface area contributed by atoms with E-state index in [4.69, 9.17) is 28.3 Å². The van der Waals surface area contributed by atoms with E-state index in [1.54, 1.807) is 0 Å². The Hall–Kier alpha value is -0.370. The fourth-order valence-corrected chi connectivity index (χ4v) is 3.12. The Morgan fingerprint density at radius 2 is 1.86 bits per heavy atom. The Bertz CT molecular complexity index is 491. The van der Waals surface area contributed by atoms with Gasteiger partial charge in [-0.05, 0) is 12.1 Å². The molecule has 126 valence electrons. The molecule has 0 spiro atoms. The highest BCUT2D eigenvalue weighted by molar-refractivity contribution is 6.35. The molecule has 0 saturated carbocycles. The number of alkyl halides is 2. The Morgan fingerprint density at radius 3 is 2.36 bits per heavy atom. The van der Waals surface area contributed by atoms with Gasteiger partial charge in [0.05, 0.1) is 5.02 Å². The van der Waals surface area contributed by atoms with Crippen molar-refractivity contribution in [2.75, 3.05) is 32.8 Å². The summed E-state index contributed by atoms with van der Waals surface area (Å²) in [6.07, 6.45) is 0. The van der Waals surface area contributed by atoms with E-state index in [9.17, 15) is 13.9 Å². The second kappa shape index (κ2) is 7.95. The van der Waals surface area contributed by atoms with E-state index in [1.807, 2.05) is 0 Å². The number of aliphatic hydroxyl groups is 1. The van der Waals surface area contributed by atoms with Gasteiger partial charge in [0.2, 0.25) is 0 Å². The fourth-order valence-electron chi connectivity index (χ4n) is 2.53. The van der Waals surface area contributed by atoms with Crippen molar-refractivity contribution in [1.82, 2.24) is 10.2 Å². The van der Waals surface area contributed by atoms with Crippen molar-refractivity contribution < 1.29 is 19.0 Å².